The van der Waals surface area contributed by atoms with Crippen LogP contribution in [-0.4, -0.2) is 56.6 Å². The molecule has 0 rings (SSSR count). The summed E-state index contributed by atoms with van der Waals surface area (Å²) in [4.78, 5) is 14.3. The summed E-state index contributed by atoms with van der Waals surface area (Å²) in [6, 6.07) is 0. The molecule has 7 heteroatoms. The zero-order valence-electron chi connectivity index (χ0n) is 6.51. The first-order valence-electron chi connectivity index (χ1n) is 3.13. The van der Waals surface area contributed by atoms with E-state index in [4.69, 9.17) is 30.2 Å². The summed E-state index contributed by atoms with van der Waals surface area (Å²) in [6.45, 7) is -1.62. The van der Waals surface area contributed by atoms with Gasteiger partial charge in [-0.2, -0.15) is 0 Å². The quantitative estimate of drug-likeness (QED) is 0.278. The molecular formula is C5H15O6P. The van der Waals surface area contributed by atoms with Crippen LogP contribution in [0.3, 0.4) is 0 Å². The van der Waals surface area contributed by atoms with Gasteiger partial charge in [-0.25, -0.2) is 0 Å². The van der Waals surface area contributed by atoms with E-state index in [-0.39, 0.29) is 0 Å². The third-order valence-electron chi connectivity index (χ3n) is 1.34. The van der Waals surface area contributed by atoms with E-state index < -0.39 is 40.9 Å². The van der Waals surface area contributed by atoms with Crippen LogP contribution in [0.15, 0.2) is 0 Å². The second-order valence-corrected chi connectivity index (χ2v) is 2.43. The lowest BCUT2D eigenvalue weighted by molar-refractivity contribution is -0.0328. The maximum absolute atomic E-state index is 8.50. The highest BCUT2D eigenvalue weighted by Crippen LogP contribution is 2.11. The van der Waals surface area contributed by atoms with Crippen molar-refractivity contribution in [2.24, 2.45) is 5.41 Å². The van der Waals surface area contributed by atoms with E-state index >= 15 is 0 Å². The summed E-state index contributed by atoms with van der Waals surface area (Å²) >= 11 is 0. The highest BCUT2D eigenvalue weighted by molar-refractivity contribution is 7.23. The van der Waals surface area contributed by atoms with E-state index in [1.165, 1.54) is 0 Å². The molecular weight excluding hydrogens is 187 g/mol. The first-order valence-corrected chi connectivity index (χ1v) is 4.02. The molecule has 0 bridgehead atoms. The molecule has 6 nitrogen and oxygen atoms in total. The third kappa shape index (κ3) is 5.79. The zero-order valence-corrected chi connectivity index (χ0v) is 7.51. The average Bonchev–Trinajstić information content (AvgIpc) is 2.11. The molecule has 0 aliphatic rings. The summed E-state index contributed by atoms with van der Waals surface area (Å²) in [5, 5.41) is 34.0. The second kappa shape index (κ2) is 9.28. The summed E-state index contributed by atoms with van der Waals surface area (Å²) in [7, 11) is -0.917. The number of aliphatic hydroxyl groups is 4. The summed E-state index contributed by atoms with van der Waals surface area (Å²) in [6.07, 6.45) is 0. The average molecular weight is 202 g/mol. The van der Waals surface area contributed by atoms with Crippen molar-refractivity contribution >= 4 is 9.03 Å². The van der Waals surface area contributed by atoms with Crippen molar-refractivity contribution in [1.29, 1.82) is 0 Å². The lowest BCUT2D eigenvalue weighted by atomic mass is 9.93. The van der Waals surface area contributed by atoms with Gasteiger partial charge in [-0.3, -0.25) is 0 Å². The minimum absolute atomic E-state index is 0.406. The zero-order chi connectivity index (χ0) is 10.0. The molecule has 0 amide bonds. The van der Waals surface area contributed by atoms with Gasteiger partial charge in [-0.1, -0.05) is 0 Å². The van der Waals surface area contributed by atoms with Crippen molar-refractivity contribution in [3.63, 3.8) is 0 Å². The number of hydrogen-bond donors (Lipinski definition) is 6. The molecule has 0 aliphatic carbocycles. The van der Waals surface area contributed by atoms with Crippen LogP contribution in [-0.2, 0) is 0 Å². The minimum atomic E-state index is -1.11. The van der Waals surface area contributed by atoms with Crippen LogP contribution >= 0.6 is 9.03 Å². The molecule has 76 valence electrons. The topological polar surface area (TPSA) is 121 Å². The normalized spacial score (nSPS) is 10.5. The first-order chi connectivity index (χ1) is 5.66. The van der Waals surface area contributed by atoms with Crippen molar-refractivity contribution in [2.75, 3.05) is 26.4 Å². The van der Waals surface area contributed by atoms with Gasteiger partial charge >= 0.3 is 0 Å². The largest absolute Gasteiger partial charge is 0.396 e. The van der Waals surface area contributed by atoms with Crippen molar-refractivity contribution in [1.82, 2.24) is 0 Å². The lowest BCUT2D eigenvalue weighted by Crippen LogP contribution is -2.37. The van der Waals surface area contributed by atoms with E-state index in [1.807, 2.05) is 0 Å². The minimum Gasteiger partial charge on any atom is -0.396 e. The molecule has 12 heavy (non-hydrogen) atoms. The Hall–Kier alpha value is 0.190. The fourth-order valence-corrected chi connectivity index (χ4v) is 0.300. The van der Waals surface area contributed by atoms with Crippen LogP contribution < -0.4 is 0 Å². The molecule has 0 aromatic rings. The van der Waals surface area contributed by atoms with Crippen molar-refractivity contribution < 1.29 is 30.2 Å². The molecule has 6 N–H and O–H groups in total. The lowest BCUT2D eigenvalue weighted by Gasteiger charge is -2.23. The van der Waals surface area contributed by atoms with Crippen molar-refractivity contribution in [3.05, 3.63) is 0 Å². The summed E-state index contributed by atoms with van der Waals surface area (Å²) < 4.78 is 0. The molecule has 0 aromatic carbocycles. The Labute approximate surface area is 72.1 Å². The maximum Gasteiger partial charge on any atom is 0.149 e. The molecule has 0 radical (unpaired) electrons. The SMILES string of the molecule is OCC(CO)(CO)CO.OPO. The molecule has 0 atom stereocenters. The van der Waals surface area contributed by atoms with Crippen LogP contribution in [0.25, 0.3) is 0 Å². The molecule has 0 aromatic heterocycles. The molecule has 0 heterocycles. The number of rotatable bonds is 4. The molecule has 0 aliphatic heterocycles. The smallest absolute Gasteiger partial charge is 0.149 e. The van der Waals surface area contributed by atoms with Gasteiger partial charge in [-0.05, 0) is 0 Å². The molecule has 0 spiro atoms. The van der Waals surface area contributed by atoms with Gasteiger partial charge < -0.3 is 30.2 Å². The van der Waals surface area contributed by atoms with Gasteiger partial charge in [-0.15, -0.1) is 0 Å². The van der Waals surface area contributed by atoms with E-state index in [0.29, 0.717) is 0 Å². The molecule has 0 saturated carbocycles. The van der Waals surface area contributed by atoms with Crippen LogP contribution in [0.4, 0.5) is 0 Å². The Morgan fingerprint density at radius 2 is 0.917 bits per heavy atom. The van der Waals surface area contributed by atoms with Crippen molar-refractivity contribution in [2.45, 2.75) is 0 Å². The van der Waals surface area contributed by atoms with Gasteiger partial charge in [0.15, 0.2) is 0 Å². The molecule has 0 fully saturated rings. The van der Waals surface area contributed by atoms with Crippen LogP contribution in [0.2, 0.25) is 0 Å². The van der Waals surface area contributed by atoms with Gasteiger partial charge in [0.1, 0.15) is 9.03 Å². The summed E-state index contributed by atoms with van der Waals surface area (Å²) in [5.74, 6) is 0. The van der Waals surface area contributed by atoms with E-state index in [2.05, 4.69) is 0 Å². The van der Waals surface area contributed by atoms with Gasteiger partial charge in [0, 0.05) is 0 Å². The molecule has 0 saturated heterocycles. The fraction of sp³-hybridized carbons (Fsp3) is 1.00. The van der Waals surface area contributed by atoms with Gasteiger partial charge in [0.25, 0.3) is 0 Å². The first kappa shape index (κ1) is 14.7. The number of hydrogen-bond acceptors (Lipinski definition) is 6. The van der Waals surface area contributed by atoms with E-state index in [1.54, 1.807) is 0 Å². The van der Waals surface area contributed by atoms with Gasteiger partial charge in [0.05, 0.1) is 31.8 Å². The highest BCUT2D eigenvalue weighted by atomic mass is 31.1. The van der Waals surface area contributed by atoms with Crippen LogP contribution in [0.5, 0.6) is 0 Å². The second-order valence-electron chi connectivity index (χ2n) is 2.23. The Balaban J connectivity index is 0. The van der Waals surface area contributed by atoms with Crippen LogP contribution in [0.1, 0.15) is 0 Å². The maximum atomic E-state index is 8.50. The fourth-order valence-electron chi connectivity index (χ4n) is 0.300. The van der Waals surface area contributed by atoms with Crippen LogP contribution in [0, 0.1) is 5.41 Å². The highest BCUT2D eigenvalue weighted by Gasteiger charge is 2.26. The van der Waals surface area contributed by atoms with E-state index in [0.717, 1.165) is 0 Å². The Bertz CT molecular complexity index is 68.5. The Morgan fingerprint density at radius 3 is 0.917 bits per heavy atom. The monoisotopic (exact) mass is 202 g/mol. The third-order valence-corrected chi connectivity index (χ3v) is 1.34. The predicted molar refractivity (Wildman–Crippen MR) is 43.5 cm³/mol. The Morgan fingerprint density at radius 1 is 0.750 bits per heavy atom. The standard InChI is InChI=1S/C5H12O4.H3O2P/c6-1-5(2-7,3-8)4-9;1-3-2/h6-9H,1-4H2;1-3H. The predicted octanol–water partition coefficient (Wildman–Crippen LogP) is -2.58. The Kier molecular flexibility index (Phi) is 11.4. The summed E-state index contributed by atoms with van der Waals surface area (Å²) in [5.41, 5.74) is -1.11. The van der Waals surface area contributed by atoms with Crippen molar-refractivity contribution in [3.8, 4) is 0 Å². The molecule has 0 unspecified atom stereocenters. The van der Waals surface area contributed by atoms with Gasteiger partial charge in [0.2, 0.25) is 0 Å². The number of aliphatic hydroxyl groups excluding tert-OH is 4. The van der Waals surface area contributed by atoms with E-state index in [9.17, 15) is 0 Å².